The van der Waals surface area contributed by atoms with E-state index in [1.165, 1.54) is 25.7 Å². The van der Waals surface area contributed by atoms with Crippen molar-refractivity contribution in [2.45, 2.75) is 130 Å². The van der Waals surface area contributed by atoms with Crippen LogP contribution in [0.5, 0.6) is 0 Å². The van der Waals surface area contributed by atoms with E-state index in [2.05, 4.69) is 6.92 Å². The van der Waals surface area contributed by atoms with Crippen molar-refractivity contribution in [3.8, 4) is 0 Å². The lowest BCUT2D eigenvalue weighted by Crippen LogP contribution is -2.47. The Morgan fingerprint density at radius 1 is 0.594 bits per heavy atom. The highest BCUT2D eigenvalue weighted by Gasteiger charge is 2.48. The van der Waals surface area contributed by atoms with E-state index in [1.807, 2.05) is 13.8 Å². The Labute approximate surface area is 195 Å². The molecule has 0 aliphatic heterocycles. The molecule has 3 fully saturated rings. The van der Waals surface area contributed by atoms with Crippen LogP contribution in [0.4, 0.5) is 17.6 Å². The molecule has 0 N–H and O–H groups in total. The molecule has 3 aliphatic carbocycles. The normalized spacial score (nSPS) is 41.3. The smallest absolute Gasteiger partial charge is 0.135 e. The Kier molecular flexibility index (Phi) is 11.3. The molecule has 3 saturated carbocycles. The summed E-state index contributed by atoms with van der Waals surface area (Å²) >= 11 is 0. The van der Waals surface area contributed by atoms with Crippen molar-refractivity contribution in [3.05, 3.63) is 0 Å². The van der Waals surface area contributed by atoms with E-state index >= 15 is 8.78 Å². The topological polar surface area (TPSA) is 0 Å². The van der Waals surface area contributed by atoms with Crippen molar-refractivity contribution in [1.29, 1.82) is 0 Å². The average molecular weight is 463 g/mol. The first-order valence-corrected chi connectivity index (χ1v) is 13.8. The SMILES string of the molecule is CC.CC1CCC(C2CCC(C3CCC(C(C)C(F)C(F)C(C)C)C(F)C3F)CC2)CC1. The van der Waals surface area contributed by atoms with Gasteiger partial charge in [-0.3, -0.25) is 0 Å². The molecule has 3 aliphatic rings. The van der Waals surface area contributed by atoms with Crippen molar-refractivity contribution < 1.29 is 17.6 Å². The quantitative estimate of drug-likeness (QED) is 0.345. The maximum atomic E-state index is 15.2. The highest BCUT2D eigenvalue weighted by molar-refractivity contribution is 4.96. The molecule has 0 saturated heterocycles. The standard InChI is InChI=1S/C26H44F4.C2H6/c1-15(2)23(27)24(28)17(4)21-13-14-22(26(30)25(21)29)20-11-9-19(10-12-20)18-7-5-16(3)6-8-18;1-2/h15-26H,5-14H2,1-4H3;1-2H3. The summed E-state index contributed by atoms with van der Waals surface area (Å²) in [6.07, 6.45) is 4.32. The number of alkyl halides is 4. The fourth-order valence-corrected chi connectivity index (χ4v) is 6.92. The maximum absolute atomic E-state index is 15.2. The molecule has 0 aromatic carbocycles. The predicted octanol–water partition coefficient (Wildman–Crippen LogP) is 9.32. The van der Waals surface area contributed by atoms with Gasteiger partial charge in [0.25, 0.3) is 0 Å². The van der Waals surface area contributed by atoms with E-state index in [9.17, 15) is 8.78 Å². The fourth-order valence-electron chi connectivity index (χ4n) is 6.92. The van der Waals surface area contributed by atoms with Gasteiger partial charge in [-0.05, 0) is 98.7 Å². The van der Waals surface area contributed by atoms with Crippen LogP contribution in [0.2, 0.25) is 0 Å². The molecule has 0 heterocycles. The molecule has 190 valence electrons. The summed E-state index contributed by atoms with van der Waals surface area (Å²) in [4.78, 5) is 0. The fraction of sp³-hybridized carbons (Fsp3) is 1.00. The molecule has 0 aromatic rings. The summed E-state index contributed by atoms with van der Waals surface area (Å²) in [5.41, 5.74) is 0. The van der Waals surface area contributed by atoms with Crippen LogP contribution in [0.25, 0.3) is 0 Å². The van der Waals surface area contributed by atoms with Crippen LogP contribution in [0, 0.1) is 47.3 Å². The lowest BCUT2D eigenvalue weighted by Gasteiger charge is -2.44. The van der Waals surface area contributed by atoms with Crippen molar-refractivity contribution >= 4 is 0 Å². The lowest BCUT2D eigenvalue weighted by molar-refractivity contribution is -0.0515. The van der Waals surface area contributed by atoms with Gasteiger partial charge in [-0.25, -0.2) is 17.6 Å². The van der Waals surface area contributed by atoms with Crippen LogP contribution in [0.3, 0.4) is 0 Å². The minimum atomic E-state index is -1.72. The molecule has 0 radical (unpaired) electrons. The summed E-state index contributed by atoms with van der Waals surface area (Å²) in [5, 5.41) is 0. The minimum absolute atomic E-state index is 0.236. The number of hydrogen-bond donors (Lipinski definition) is 0. The van der Waals surface area contributed by atoms with Crippen molar-refractivity contribution in [3.63, 3.8) is 0 Å². The summed E-state index contributed by atoms with van der Waals surface area (Å²) in [5.74, 6) is 0.574. The third-order valence-electron chi connectivity index (χ3n) is 9.22. The summed E-state index contributed by atoms with van der Waals surface area (Å²) in [7, 11) is 0. The Bertz CT molecular complexity index is 508. The molecular formula is C28H50F4. The first kappa shape index (κ1) is 28.0. The maximum Gasteiger partial charge on any atom is 0.135 e. The van der Waals surface area contributed by atoms with Crippen LogP contribution >= 0.6 is 0 Å². The zero-order valence-corrected chi connectivity index (χ0v) is 21.5. The Morgan fingerprint density at radius 3 is 1.56 bits per heavy atom. The molecule has 7 unspecified atom stereocenters. The van der Waals surface area contributed by atoms with Gasteiger partial charge in [0.05, 0.1) is 0 Å². The highest BCUT2D eigenvalue weighted by Crippen LogP contribution is 2.48. The first-order valence-electron chi connectivity index (χ1n) is 13.8. The number of halogens is 4. The molecule has 32 heavy (non-hydrogen) atoms. The number of rotatable bonds is 6. The van der Waals surface area contributed by atoms with Crippen molar-refractivity contribution in [1.82, 2.24) is 0 Å². The van der Waals surface area contributed by atoms with Crippen molar-refractivity contribution in [2.24, 2.45) is 47.3 Å². The Morgan fingerprint density at radius 2 is 1.06 bits per heavy atom. The molecular weight excluding hydrogens is 412 g/mol. The predicted molar refractivity (Wildman–Crippen MR) is 128 cm³/mol. The van der Waals surface area contributed by atoms with E-state index in [1.54, 1.807) is 20.8 Å². The number of hydrogen-bond acceptors (Lipinski definition) is 0. The average Bonchev–Trinajstić information content (AvgIpc) is 2.81. The molecule has 4 heteroatoms. The Balaban J connectivity index is 0.00000176. The van der Waals surface area contributed by atoms with E-state index < -0.39 is 42.4 Å². The van der Waals surface area contributed by atoms with Gasteiger partial charge in [0, 0.05) is 0 Å². The first-order chi connectivity index (χ1) is 15.2. The summed E-state index contributed by atoms with van der Waals surface area (Å²) in [6, 6.07) is 0. The molecule has 7 atom stereocenters. The van der Waals surface area contributed by atoms with Gasteiger partial charge in [0.1, 0.15) is 24.7 Å². The second kappa shape index (κ2) is 13.0. The van der Waals surface area contributed by atoms with E-state index in [0.29, 0.717) is 12.8 Å². The largest absolute Gasteiger partial charge is 0.244 e. The minimum Gasteiger partial charge on any atom is -0.244 e. The zero-order chi connectivity index (χ0) is 24.0. The van der Waals surface area contributed by atoms with Crippen molar-refractivity contribution in [2.75, 3.05) is 0 Å². The third-order valence-corrected chi connectivity index (χ3v) is 9.22. The highest BCUT2D eigenvalue weighted by atomic mass is 19.2. The summed E-state index contributed by atoms with van der Waals surface area (Å²) < 4.78 is 58.9. The second-order valence-corrected chi connectivity index (χ2v) is 11.5. The van der Waals surface area contributed by atoms with E-state index in [0.717, 1.165) is 43.4 Å². The molecule has 0 aromatic heterocycles. The zero-order valence-electron chi connectivity index (χ0n) is 21.5. The monoisotopic (exact) mass is 462 g/mol. The molecule has 0 bridgehead atoms. The van der Waals surface area contributed by atoms with Gasteiger partial charge in [0.2, 0.25) is 0 Å². The van der Waals surface area contributed by atoms with Gasteiger partial charge in [-0.1, -0.05) is 54.4 Å². The lowest BCUT2D eigenvalue weighted by atomic mass is 9.63. The van der Waals surface area contributed by atoms with Gasteiger partial charge in [-0.15, -0.1) is 0 Å². The van der Waals surface area contributed by atoms with E-state index in [4.69, 9.17) is 0 Å². The van der Waals surface area contributed by atoms with Gasteiger partial charge in [-0.2, -0.15) is 0 Å². The molecule has 0 amide bonds. The molecule has 0 nitrogen and oxygen atoms in total. The second-order valence-electron chi connectivity index (χ2n) is 11.5. The van der Waals surface area contributed by atoms with Gasteiger partial charge in [0.15, 0.2) is 0 Å². The van der Waals surface area contributed by atoms with Crippen LogP contribution in [0.1, 0.15) is 106 Å². The van der Waals surface area contributed by atoms with Crippen LogP contribution in [-0.4, -0.2) is 24.7 Å². The van der Waals surface area contributed by atoms with E-state index in [-0.39, 0.29) is 11.8 Å². The van der Waals surface area contributed by atoms with Gasteiger partial charge >= 0.3 is 0 Å². The van der Waals surface area contributed by atoms with Crippen LogP contribution < -0.4 is 0 Å². The van der Waals surface area contributed by atoms with Gasteiger partial charge < -0.3 is 0 Å². The van der Waals surface area contributed by atoms with Crippen LogP contribution in [0.15, 0.2) is 0 Å². The molecule has 3 rings (SSSR count). The third kappa shape index (κ3) is 6.65. The van der Waals surface area contributed by atoms with Crippen LogP contribution in [-0.2, 0) is 0 Å². The molecule has 0 spiro atoms. The summed E-state index contributed by atoms with van der Waals surface area (Å²) in [6.45, 7) is 11.2. The Hall–Kier alpha value is -0.280.